The molecule has 17 heavy (non-hydrogen) atoms. The van der Waals surface area contributed by atoms with Crippen molar-refractivity contribution in [1.82, 2.24) is 20.3 Å². The quantitative estimate of drug-likeness (QED) is 0.576. The first kappa shape index (κ1) is 13.1. The highest BCUT2D eigenvalue weighted by molar-refractivity contribution is 5.92. The number of nitrogens with one attached hydrogen (secondary N) is 1. The Balaban J connectivity index is 2.54. The summed E-state index contributed by atoms with van der Waals surface area (Å²) in [6.07, 6.45) is 1.33. The van der Waals surface area contributed by atoms with Crippen LogP contribution in [0.3, 0.4) is 0 Å². The van der Waals surface area contributed by atoms with Gasteiger partial charge in [-0.2, -0.15) is 0 Å². The van der Waals surface area contributed by atoms with Crippen molar-refractivity contribution in [3.8, 4) is 0 Å². The maximum Gasteiger partial charge on any atom is 0.305 e. The van der Waals surface area contributed by atoms with E-state index in [0.717, 1.165) is 0 Å². The van der Waals surface area contributed by atoms with E-state index in [2.05, 4.69) is 15.6 Å². The fourth-order valence-corrected chi connectivity index (χ4v) is 1.25. The Morgan fingerprint density at radius 3 is 2.94 bits per heavy atom. The summed E-state index contributed by atoms with van der Waals surface area (Å²) in [5.41, 5.74) is 5.48. The molecule has 0 fully saturated rings. The lowest BCUT2D eigenvalue weighted by Gasteiger charge is -2.09. The van der Waals surface area contributed by atoms with Crippen LogP contribution in [0.2, 0.25) is 0 Å². The first-order chi connectivity index (χ1) is 8.02. The standard InChI is InChI=1S/C9H15N5O3/c1-6(4-8(15)16)11-9(17)7-5-14(3-2-10)13-12-7/h5-6H,2-4,10H2,1H3,(H,11,17)(H,15,16). The topological polar surface area (TPSA) is 123 Å². The summed E-state index contributed by atoms with van der Waals surface area (Å²) in [5.74, 6) is -1.41. The smallest absolute Gasteiger partial charge is 0.305 e. The van der Waals surface area contributed by atoms with Crippen molar-refractivity contribution in [2.24, 2.45) is 5.73 Å². The third-order valence-electron chi connectivity index (χ3n) is 1.99. The summed E-state index contributed by atoms with van der Waals surface area (Å²) in [6, 6.07) is -0.459. The van der Waals surface area contributed by atoms with Gasteiger partial charge in [0.15, 0.2) is 5.69 Å². The maximum absolute atomic E-state index is 11.6. The zero-order valence-electron chi connectivity index (χ0n) is 9.46. The van der Waals surface area contributed by atoms with Crippen LogP contribution in [0.25, 0.3) is 0 Å². The molecule has 1 unspecified atom stereocenters. The average molecular weight is 241 g/mol. The van der Waals surface area contributed by atoms with Crippen LogP contribution >= 0.6 is 0 Å². The minimum atomic E-state index is -0.968. The minimum absolute atomic E-state index is 0.136. The second kappa shape index (κ2) is 5.94. The number of aromatic nitrogens is 3. The molecule has 94 valence electrons. The van der Waals surface area contributed by atoms with E-state index in [9.17, 15) is 9.59 Å². The summed E-state index contributed by atoms with van der Waals surface area (Å²) in [4.78, 5) is 22.0. The number of hydrogen-bond donors (Lipinski definition) is 3. The second-order valence-electron chi connectivity index (χ2n) is 3.63. The highest BCUT2D eigenvalue weighted by Crippen LogP contribution is 1.96. The lowest BCUT2D eigenvalue weighted by Crippen LogP contribution is -2.34. The van der Waals surface area contributed by atoms with E-state index in [1.54, 1.807) is 6.92 Å². The van der Waals surface area contributed by atoms with E-state index >= 15 is 0 Å². The van der Waals surface area contributed by atoms with Crippen LogP contribution in [0.4, 0.5) is 0 Å². The molecular weight excluding hydrogens is 226 g/mol. The summed E-state index contributed by atoms with van der Waals surface area (Å²) >= 11 is 0. The van der Waals surface area contributed by atoms with Gasteiger partial charge in [-0.1, -0.05) is 5.21 Å². The Labute approximate surface area is 97.8 Å². The van der Waals surface area contributed by atoms with Gasteiger partial charge in [-0.15, -0.1) is 5.10 Å². The summed E-state index contributed by atoms with van der Waals surface area (Å²) in [5, 5.41) is 18.4. The number of amides is 1. The van der Waals surface area contributed by atoms with Crippen molar-refractivity contribution in [2.45, 2.75) is 25.9 Å². The number of carboxylic acid groups (broad SMARTS) is 1. The molecule has 0 aromatic carbocycles. The molecule has 1 aromatic rings. The molecule has 0 saturated heterocycles. The van der Waals surface area contributed by atoms with Gasteiger partial charge in [-0.05, 0) is 6.92 Å². The Hall–Kier alpha value is -1.96. The molecule has 1 rings (SSSR count). The van der Waals surface area contributed by atoms with Crippen LogP contribution < -0.4 is 11.1 Å². The van der Waals surface area contributed by atoms with E-state index in [4.69, 9.17) is 10.8 Å². The summed E-state index contributed by atoms with van der Waals surface area (Å²) in [7, 11) is 0. The second-order valence-corrected chi connectivity index (χ2v) is 3.63. The van der Waals surface area contributed by atoms with Gasteiger partial charge in [0, 0.05) is 12.6 Å². The monoisotopic (exact) mass is 241 g/mol. The van der Waals surface area contributed by atoms with Gasteiger partial charge in [0.2, 0.25) is 0 Å². The van der Waals surface area contributed by atoms with Crippen molar-refractivity contribution in [3.05, 3.63) is 11.9 Å². The van der Waals surface area contributed by atoms with Gasteiger partial charge in [0.05, 0.1) is 19.2 Å². The molecule has 1 amide bonds. The Bertz CT molecular complexity index is 403. The van der Waals surface area contributed by atoms with Gasteiger partial charge >= 0.3 is 5.97 Å². The van der Waals surface area contributed by atoms with Crippen LogP contribution in [0, 0.1) is 0 Å². The van der Waals surface area contributed by atoms with Gasteiger partial charge in [0.25, 0.3) is 5.91 Å². The number of carboxylic acids is 1. The molecule has 8 nitrogen and oxygen atoms in total. The highest BCUT2D eigenvalue weighted by Gasteiger charge is 2.15. The molecule has 0 saturated carbocycles. The van der Waals surface area contributed by atoms with Crippen LogP contribution in [0.15, 0.2) is 6.20 Å². The van der Waals surface area contributed by atoms with Gasteiger partial charge in [-0.25, -0.2) is 0 Å². The minimum Gasteiger partial charge on any atom is -0.481 e. The Morgan fingerprint density at radius 2 is 2.35 bits per heavy atom. The van der Waals surface area contributed by atoms with Crippen molar-refractivity contribution in [1.29, 1.82) is 0 Å². The van der Waals surface area contributed by atoms with E-state index in [0.29, 0.717) is 13.1 Å². The maximum atomic E-state index is 11.6. The number of hydrogen-bond acceptors (Lipinski definition) is 5. The van der Waals surface area contributed by atoms with E-state index in [-0.39, 0.29) is 12.1 Å². The van der Waals surface area contributed by atoms with Crippen LogP contribution in [0.5, 0.6) is 0 Å². The molecule has 0 aliphatic carbocycles. The first-order valence-electron chi connectivity index (χ1n) is 5.15. The number of carbonyl (C=O) groups is 2. The summed E-state index contributed by atoms with van der Waals surface area (Å²) < 4.78 is 1.46. The average Bonchev–Trinajstić information content (AvgIpc) is 2.65. The molecule has 0 spiro atoms. The van der Waals surface area contributed by atoms with Crippen molar-refractivity contribution in [2.75, 3.05) is 6.54 Å². The van der Waals surface area contributed by atoms with E-state index in [1.807, 2.05) is 0 Å². The normalized spacial score (nSPS) is 12.1. The van der Waals surface area contributed by atoms with Crippen LogP contribution in [0.1, 0.15) is 23.8 Å². The Kier molecular flexibility index (Phi) is 4.58. The zero-order chi connectivity index (χ0) is 12.8. The van der Waals surface area contributed by atoms with Gasteiger partial charge < -0.3 is 16.2 Å². The SMILES string of the molecule is CC(CC(=O)O)NC(=O)c1cn(CCN)nn1. The molecule has 0 bridgehead atoms. The highest BCUT2D eigenvalue weighted by atomic mass is 16.4. The molecule has 4 N–H and O–H groups in total. The Morgan fingerprint density at radius 1 is 1.65 bits per heavy atom. The molecule has 0 radical (unpaired) electrons. The van der Waals surface area contributed by atoms with Crippen molar-refractivity contribution >= 4 is 11.9 Å². The van der Waals surface area contributed by atoms with E-state index in [1.165, 1.54) is 10.9 Å². The fraction of sp³-hybridized carbons (Fsp3) is 0.556. The fourth-order valence-electron chi connectivity index (χ4n) is 1.25. The number of rotatable bonds is 6. The lowest BCUT2D eigenvalue weighted by molar-refractivity contribution is -0.137. The van der Waals surface area contributed by atoms with Gasteiger partial charge in [-0.3, -0.25) is 14.3 Å². The molecule has 8 heteroatoms. The third-order valence-corrected chi connectivity index (χ3v) is 1.99. The van der Waals surface area contributed by atoms with Crippen molar-refractivity contribution in [3.63, 3.8) is 0 Å². The predicted molar refractivity (Wildman–Crippen MR) is 58.3 cm³/mol. The number of carbonyl (C=O) groups excluding carboxylic acids is 1. The third kappa shape index (κ3) is 4.19. The van der Waals surface area contributed by atoms with Crippen molar-refractivity contribution < 1.29 is 14.7 Å². The zero-order valence-corrected chi connectivity index (χ0v) is 9.46. The largest absolute Gasteiger partial charge is 0.481 e. The van der Waals surface area contributed by atoms with Gasteiger partial charge in [0.1, 0.15) is 0 Å². The first-order valence-corrected chi connectivity index (χ1v) is 5.15. The summed E-state index contributed by atoms with van der Waals surface area (Å²) in [6.45, 7) is 2.49. The lowest BCUT2D eigenvalue weighted by atomic mass is 10.2. The number of nitrogens with two attached hydrogens (primary N) is 1. The molecule has 0 aliphatic rings. The molecule has 1 heterocycles. The molecule has 1 atom stereocenters. The molecule has 0 aliphatic heterocycles. The van der Waals surface area contributed by atoms with Crippen LogP contribution in [-0.2, 0) is 11.3 Å². The van der Waals surface area contributed by atoms with E-state index < -0.39 is 17.9 Å². The molecule has 1 aromatic heterocycles. The van der Waals surface area contributed by atoms with Crippen LogP contribution in [-0.4, -0.2) is 44.6 Å². The number of aliphatic carboxylic acids is 1. The molecular formula is C9H15N5O3. The number of nitrogens with zero attached hydrogens (tertiary/aromatic N) is 3. The predicted octanol–water partition coefficient (Wildman–Crippen LogP) is -1.17.